The predicted octanol–water partition coefficient (Wildman–Crippen LogP) is 5.08. The first-order valence-corrected chi connectivity index (χ1v) is 9.00. The zero-order chi connectivity index (χ0) is 18.4. The van der Waals surface area contributed by atoms with Crippen LogP contribution in [0.3, 0.4) is 0 Å². The Labute approximate surface area is 160 Å². The van der Waals surface area contributed by atoms with E-state index < -0.39 is 5.97 Å². The molecule has 0 heterocycles. The minimum atomic E-state index is -0.484. The topological polar surface area (TPSA) is 43.4 Å². The van der Waals surface area contributed by atoms with E-state index in [-0.39, 0.29) is 12.4 Å². The molecule has 0 aliphatic heterocycles. The summed E-state index contributed by atoms with van der Waals surface area (Å²) in [5.41, 5.74) is 2.98. The molecule has 0 atom stereocenters. The second-order valence-corrected chi connectivity index (χ2v) is 6.74. The maximum atomic E-state index is 12.5. The van der Waals surface area contributed by atoms with Gasteiger partial charge in [-0.3, -0.25) is 4.79 Å². The van der Waals surface area contributed by atoms with Crippen LogP contribution in [-0.2, 0) is 11.2 Å². The molecule has 0 aromatic heterocycles. The number of hydrogen-bond donors (Lipinski definition) is 0. The van der Waals surface area contributed by atoms with Gasteiger partial charge in [-0.25, -0.2) is 4.79 Å². The van der Waals surface area contributed by atoms with Crippen LogP contribution in [-0.4, -0.2) is 18.4 Å². The van der Waals surface area contributed by atoms with Gasteiger partial charge in [-0.05, 0) is 35.7 Å². The quantitative estimate of drug-likeness (QED) is 0.421. The Hall–Kier alpha value is -2.72. The molecule has 0 fully saturated rings. The number of carbonyl (C=O) groups is 2. The van der Waals surface area contributed by atoms with E-state index in [0.717, 1.165) is 15.6 Å². The second-order valence-electron chi connectivity index (χ2n) is 5.83. The molecule has 0 aliphatic carbocycles. The standard InChI is InChI=1S/C22H17BrO3/c23-19-12-10-17(11-13-19)21(24)15-26-22(25)20-9-5-4-8-18(20)14-16-6-2-1-3-7-16/h1-13H,14-15H2. The highest BCUT2D eigenvalue weighted by Gasteiger charge is 2.15. The van der Waals surface area contributed by atoms with Gasteiger partial charge in [0.05, 0.1) is 5.56 Å². The molecule has 0 spiro atoms. The molecule has 130 valence electrons. The Morgan fingerprint density at radius 3 is 2.19 bits per heavy atom. The van der Waals surface area contributed by atoms with Crippen LogP contribution in [0.15, 0.2) is 83.3 Å². The minimum absolute atomic E-state index is 0.230. The summed E-state index contributed by atoms with van der Waals surface area (Å²) in [4.78, 5) is 24.6. The fraction of sp³-hybridized carbons (Fsp3) is 0.0909. The summed E-state index contributed by atoms with van der Waals surface area (Å²) in [6.45, 7) is -0.278. The van der Waals surface area contributed by atoms with Gasteiger partial charge >= 0.3 is 5.97 Å². The monoisotopic (exact) mass is 408 g/mol. The van der Waals surface area contributed by atoms with Crippen molar-refractivity contribution in [1.29, 1.82) is 0 Å². The Morgan fingerprint density at radius 2 is 1.46 bits per heavy atom. The number of benzene rings is 3. The Morgan fingerprint density at radius 1 is 0.808 bits per heavy atom. The summed E-state index contributed by atoms with van der Waals surface area (Å²) >= 11 is 3.33. The summed E-state index contributed by atoms with van der Waals surface area (Å²) in [5, 5.41) is 0. The first kappa shape index (κ1) is 18.1. The molecule has 3 aromatic carbocycles. The third-order valence-electron chi connectivity index (χ3n) is 3.98. The lowest BCUT2D eigenvalue weighted by Gasteiger charge is -2.10. The number of carbonyl (C=O) groups excluding carboxylic acids is 2. The number of esters is 1. The van der Waals surface area contributed by atoms with Crippen molar-refractivity contribution in [1.82, 2.24) is 0 Å². The van der Waals surface area contributed by atoms with Crippen molar-refractivity contribution >= 4 is 27.7 Å². The molecular formula is C22H17BrO3. The lowest BCUT2D eigenvalue weighted by atomic mass is 10.00. The van der Waals surface area contributed by atoms with E-state index in [9.17, 15) is 9.59 Å². The van der Waals surface area contributed by atoms with Gasteiger partial charge in [-0.15, -0.1) is 0 Å². The molecule has 26 heavy (non-hydrogen) atoms. The summed E-state index contributed by atoms with van der Waals surface area (Å²) < 4.78 is 6.14. The van der Waals surface area contributed by atoms with Gasteiger partial charge in [0.15, 0.2) is 12.4 Å². The van der Waals surface area contributed by atoms with E-state index in [1.807, 2.05) is 42.5 Å². The molecule has 0 unspecified atom stereocenters. The van der Waals surface area contributed by atoms with Gasteiger partial charge in [0.25, 0.3) is 0 Å². The van der Waals surface area contributed by atoms with Gasteiger partial charge < -0.3 is 4.74 Å². The van der Waals surface area contributed by atoms with Crippen molar-refractivity contribution < 1.29 is 14.3 Å². The number of hydrogen-bond acceptors (Lipinski definition) is 3. The van der Waals surface area contributed by atoms with Crippen LogP contribution >= 0.6 is 15.9 Å². The summed E-state index contributed by atoms with van der Waals surface area (Å²) in [7, 11) is 0. The van der Waals surface area contributed by atoms with Crippen molar-refractivity contribution in [2.45, 2.75) is 6.42 Å². The molecule has 0 saturated heterocycles. The normalized spacial score (nSPS) is 10.3. The number of ether oxygens (including phenoxy) is 1. The predicted molar refractivity (Wildman–Crippen MR) is 104 cm³/mol. The lowest BCUT2D eigenvalue weighted by Crippen LogP contribution is -2.15. The molecule has 0 radical (unpaired) electrons. The van der Waals surface area contributed by atoms with Crippen molar-refractivity contribution in [2.75, 3.05) is 6.61 Å². The number of rotatable bonds is 6. The average molecular weight is 409 g/mol. The van der Waals surface area contributed by atoms with Gasteiger partial charge in [-0.2, -0.15) is 0 Å². The molecule has 0 aliphatic rings. The van der Waals surface area contributed by atoms with Crippen molar-refractivity contribution in [3.63, 3.8) is 0 Å². The van der Waals surface area contributed by atoms with Crippen LogP contribution in [0.4, 0.5) is 0 Å². The lowest BCUT2D eigenvalue weighted by molar-refractivity contribution is 0.0474. The third-order valence-corrected chi connectivity index (χ3v) is 4.50. The molecule has 0 bridgehead atoms. The SMILES string of the molecule is O=C(COC(=O)c1ccccc1Cc1ccccc1)c1ccc(Br)cc1. The van der Waals surface area contributed by atoms with Gasteiger partial charge in [0.2, 0.25) is 0 Å². The highest BCUT2D eigenvalue weighted by atomic mass is 79.9. The zero-order valence-electron chi connectivity index (χ0n) is 14.0. The fourth-order valence-corrected chi connectivity index (χ4v) is 2.88. The van der Waals surface area contributed by atoms with Crippen molar-refractivity contribution in [3.05, 3.63) is 106 Å². The summed E-state index contributed by atoms with van der Waals surface area (Å²) in [5.74, 6) is -0.714. The van der Waals surface area contributed by atoms with Crippen molar-refractivity contribution in [2.24, 2.45) is 0 Å². The second kappa shape index (κ2) is 8.59. The first-order valence-electron chi connectivity index (χ1n) is 8.21. The molecule has 3 aromatic rings. The smallest absolute Gasteiger partial charge is 0.338 e. The maximum Gasteiger partial charge on any atom is 0.338 e. The van der Waals surface area contributed by atoms with Crippen molar-refractivity contribution in [3.8, 4) is 0 Å². The molecule has 3 nitrogen and oxygen atoms in total. The number of halogens is 1. The minimum Gasteiger partial charge on any atom is -0.454 e. The van der Waals surface area contributed by atoms with E-state index >= 15 is 0 Å². The Balaban J connectivity index is 1.68. The number of ketones is 1. The largest absolute Gasteiger partial charge is 0.454 e. The van der Waals surface area contributed by atoms with E-state index in [4.69, 9.17) is 4.74 Å². The maximum absolute atomic E-state index is 12.5. The molecule has 4 heteroatoms. The fourth-order valence-electron chi connectivity index (χ4n) is 2.62. The van der Waals surface area contributed by atoms with E-state index in [1.54, 1.807) is 36.4 Å². The van der Waals surface area contributed by atoms with Crippen LogP contribution < -0.4 is 0 Å². The van der Waals surface area contributed by atoms with Crippen LogP contribution in [0.5, 0.6) is 0 Å². The van der Waals surface area contributed by atoms with E-state index in [0.29, 0.717) is 17.5 Å². The van der Waals surface area contributed by atoms with Crippen LogP contribution in [0.1, 0.15) is 31.8 Å². The Kier molecular flexibility index (Phi) is 5.97. The van der Waals surface area contributed by atoms with E-state index in [2.05, 4.69) is 15.9 Å². The third kappa shape index (κ3) is 4.67. The van der Waals surface area contributed by atoms with Crippen LogP contribution in [0.25, 0.3) is 0 Å². The first-order chi connectivity index (χ1) is 12.6. The van der Waals surface area contributed by atoms with Gasteiger partial charge in [-0.1, -0.05) is 76.6 Å². The highest BCUT2D eigenvalue weighted by molar-refractivity contribution is 9.10. The molecule has 0 saturated carbocycles. The highest BCUT2D eigenvalue weighted by Crippen LogP contribution is 2.16. The molecule has 3 rings (SSSR count). The van der Waals surface area contributed by atoms with Gasteiger partial charge in [0, 0.05) is 10.0 Å². The summed E-state index contributed by atoms with van der Waals surface area (Å²) in [6.07, 6.45) is 0.632. The molecule has 0 N–H and O–H groups in total. The Bertz CT molecular complexity index is 902. The van der Waals surface area contributed by atoms with Crippen LogP contribution in [0.2, 0.25) is 0 Å². The molecule has 0 amide bonds. The van der Waals surface area contributed by atoms with E-state index in [1.165, 1.54) is 0 Å². The summed E-state index contributed by atoms with van der Waals surface area (Å²) in [6, 6.07) is 24.2. The zero-order valence-corrected chi connectivity index (χ0v) is 15.6. The van der Waals surface area contributed by atoms with Gasteiger partial charge in [0.1, 0.15) is 0 Å². The molecular weight excluding hydrogens is 392 g/mol. The van der Waals surface area contributed by atoms with Crippen LogP contribution in [0, 0.1) is 0 Å². The average Bonchev–Trinajstić information content (AvgIpc) is 2.67. The number of Topliss-reactive ketones (excluding diaryl/α,β-unsaturated/α-hetero) is 1.